The Morgan fingerprint density at radius 2 is 1.91 bits per heavy atom. The molecule has 22 heavy (non-hydrogen) atoms. The van der Waals surface area contributed by atoms with Crippen molar-refractivity contribution in [3.63, 3.8) is 0 Å². The van der Waals surface area contributed by atoms with Gasteiger partial charge in [-0.15, -0.1) is 24.0 Å². The molecule has 0 saturated carbocycles. The van der Waals surface area contributed by atoms with Gasteiger partial charge in [0.2, 0.25) is 5.91 Å². The van der Waals surface area contributed by atoms with Crippen LogP contribution in [0.4, 0.5) is 4.39 Å². The van der Waals surface area contributed by atoms with Crippen LogP contribution in [0.25, 0.3) is 0 Å². The molecule has 0 heterocycles. The lowest BCUT2D eigenvalue weighted by atomic mass is 10.1. The van der Waals surface area contributed by atoms with Crippen molar-refractivity contribution in [1.82, 2.24) is 16.0 Å². The minimum absolute atomic E-state index is 0. The smallest absolute Gasteiger partial charge is 0.216 e. The molecule has 0 aliphatic rings. The van der Waals surface area contributed by atoms with Gasteiger partial charge in [0.15, 0.2) is 5.96 Å². The molecule has 3 N–H and O–H groups in total. The van der Waals surface area contributed by atoms with Gasteiger partial charge >= 0.3 is 0 Å². The molecule has 1 amide bonds. The van der Waals surface area contributed by atoms with E-state index in [1.54, 1.807) is 13.0 Å². The average Bonchev–Trinajstić information content (AvgIpc) is 2.44. The van der Waals surface area contributed by atoms with Gasteiger partial charge in [-0.05, 0) is 31.0 Å². The van der Waals surface area contributed by atoms with Crippen LogP contribution in [0.3, 0.4) is 0 Å². The molecule has 0 aliphatic heterocycles. The zero-order chi connectivity index (χ0) is 15.7. The first kappa shape index (κ1) is 20.6. The Hall–Kier alpha value is -1.38. The lowest BCUT2D eigenvalue weighted by Gasteiger charge is -2.11. The molecule has 0 aliphatic carbocycles. The molecule has 5 nitrogen and oxygen atoms in total. The standard InChI is InChI=1S/C15H23FN4O.HI/c1-4-17-15(19-8-7-18-12(3)21)20-10-13-6-5-11(2)14(16)9-13;/h5-6,9H,4,7-8,10H2,1-3H3,(H,18,21)(H2,17,19,20);1H. The van der Waals surface area contributed by atoms with Gasteiger partial charge in [-0.1, -0.05) is 12.1 Å². The van der Waals surface area contributed by atoms with Crippen molar-refractivity contribution < 1.29 is 9.18 Å². The Balaban J connectivity index is 0.00000441. The van der Waals surface area contributed by atoms with Crippen molar-refractivity contribution in [3.05, 3.63) is 35.1 Å². The summed E-state index contributed by atoms with van der Waals surface area (Å²) in [6, 6.07) is 5.11. The molecule has 7 heteroatoms. The van der Waals surface area contributed by atoms with Crippen LogP contribution in [0.1, 0.15) is 25.0 Å². The van der Waals surface area contributed by atoms with Crippen molar-refractivity contribution in [3.8, 4) is 0 Å². The van der Waals surface area contributed by atoms with Gasteiger partial charge in [-0.25, -0.2) is 9.38 Å². The van der Waals surface area contributed by atoms with Crippen molar-refractivity contribution in [2.75, 3.05) is 19.6 Å². The van der Waals surface area contributed by atoms with Gasteiger partial charge < -0.3 is 16.0 Å². The third kappa shape index (κ3) is 8.16. The summed E-state index contributed by atoms with van der Waals surface area (Å²) in [5.74, 6) is 0.365. The van der Waals surface area contributed by atoms with Crippen molar-refractivity contribution in [2.24, 2.45) is 4.99 Å². The number of aryl methyl sites for hydroxylation is 1. The van der Waals surface area contributed by atoms with Gasteiger partial charge in [-0.2, -0.15) is 0 Å². The highest BCUT2D eigenvalue weighted by atomic mass is 127. The fraction of sp³-hybridized carbons (Fsp3) is 0.467. The van der Waals surface area contributed by atoms with Crippen LogP contribution in [0.2, 0.25) is 0 Å². The molecule has 0 aromatic heterocycles. The number of amides is 1. The van der Waals surface area contributed by atoms with E-state index in [-0.39, 0.29) is 35.7 Å². The first-order valence-corrected chi connectivity index (χ1v) is 7.04. The molecule has 0 atom stereocenters. The van der Waals surface area contributed by atoms with Crippen LogP contribution < -0.4 is 16.0 Å². The van der Waals surface area contributed by atoms with Gasteiger partial charge in [0.1, 0.15) is 5.82 Å². The molecule has 0 radical (unpaired) electrons. The highest BCUT2D eigenvalue weighted by molar-refractivity contribution is 14.0. The number of carbonyl (C=O) groups excluding carboxylic acids is 1. The molecule has 0 spiro atoms. The first-order valence-electron chi connectivity index (χ1n) is 7.04. The number of hydrogen-bond acceptors (Lipinski definition) is 2. The Labute approximate surface area is 148 Å². The fourth-order valence-electron chi connectivity index (χ4n) is 1.67. The number of aliphatic imine (C=N–C) groups is 1. The summed E-state index contributed by atoms with van der Waals surface area (Å²) < 4.78 is 13.5. The van der Waals surface area contributed by atoms with E-state index in [2.05, 4.69) is 20.9 Å². The van der Waals surface area contributed by atoms with Crippen molar-refractivity contribution in [2.45, 2.75) is 27.3 Å². The summed E-state index contributed by atoms with van der Waals surface area (Å²) in [5, 5.41) is 8.90. The van der Waals surface area contributed by atoms with Crippen molar-refractivity contribution in [1.29, 1.82) is 0 Å². The van der Waals surface area contributed by atoms with Crippen molar-refractivity contribution >= 4 is 35.8 Å². The van der Waals surface area contributed by atoms with Crippen LogP contribution in [-0.2, 0) is 11.3 Å². The third-order valence-corrected chi connectivity index (χ3v) is 2.79. The van der Waals surface area contributed by atoms with Crippen LogP contribution in [0.15, 0.2) is 23.2 Å². The minimum Gasteiger partial charge on any atom is -0.357 e. The second-order valence-electron chi connectivity index (χ2n) is 4.69. The maximum Gasteiger partial charge on any atom is 0.216 e. The van der Waals surface area contributed by atoms with E-state index < -0.39 is 0 Å². The topological polar surface area (TPSA) is 65.5 Å². The van der Waals surface area contributed by atoms with E-state index >= 15 is 0 Å². The molecule has 124 valence electrons. The summed E-state index contributed by atoms with van der Waals surface area (Å²) in [4.78, 5) is 15.2. The highest BCUT2D eigenvalue weighted by Crippen LogP contribution is 2.09. The zero-order valence-corrected chi connectivity index (χ0v) is 15.5. The maximum atomic E-state index is 13.5. The van der Waals surface area contributed by atoms with Crippen LogP contribution >= 0.6 is 24.0 Å². The minimum atomic E-state index is -0.216. The van der Waals surface area contributed by atoms with Crippen LogP contribution in [0.5, 0.6) is 0 Å². The Kier molecular flexibility index (Phi) is 10.5. The Bertz CT molecular complexity index is 508. The molecule has 0 bridgehead atoms. The summed E-state index contributed by atoms with van der Waals surface area (Å²) in [7, 11) is 0. The van der Waals surface area contributed by atoms with E-state index in [0.717, 1.165) is 12.1 Å². The first-order chi connectivity index (χ1) is 10.0. The largest absolute Gasteiger partial charge is 0.357 e. The highest BCUT2D eigenvalue weighted by Gasteiger charge is 2.01. The SMILES string of the molecule is CCNC(=NCc1ccc(C)c(F)c1)NCCNC(C)=O.I. The Morgan fingerprint density at radius 3 is 2.50 bits per heavy atom. The molecule has 0 saturated heterocycles. The van der Waals surface area contributed by atoms with Gasteiger partial charge in [-0.3, -0.25) is 4.79 Å². The van der Waals surface area contributed by atoms with Gasteiger partial charge in [0.25, 0.3) is 0 Å². The molecule has 1 rings (SSSR count). The lowest BCUT2D eigenvalue weighted by molar-refractivity contribution is -0.118. The molecular formula is C15H24FIN4O. The number of nitrogens with zero attached hydrogens (tertiary/aromatic N) is 1. The Morgan fingerprint density at radius 1 is 1.23 bits per heavy atom. The molecule has 1 aromatic carbocycles. The quantitative estimate of drug-likeness (QED) is 0.284. The van der Waals surface area contributed by atoms with Crippen LogP contribution in [-0.4, -0.2) is 31.5 Å². The summed E-state index contributed by atoms with van der Waals surface area (Å²) in [6.45, 7) is 7.41. The number of carbonyl (C=O) groups is 1. The number of nitrogens with one attached hydrogen (secondary N) is 3. The molecule has 0 fully saturated rings. The van der Waals surface area contributed by atoms with E-state index in [0.29, 0.717) is 31.2 Å². The number of benzene rings is 1. The van der Waals surface area contributed by atoms with Gasteiger partial charge in [0.05, 0.1) is 6.54 Å². The van der Waals surface area contributed by atoms with Gasteiger partial charge in [0, 0.05) is 26.6 Å². The van der Waals surface area contributed by atoms with E-state index in [1.807, 2.05) is 13.0 Å². The summed E-state index contributed by atoms with van der Waals surface area (Å²) in [6.07, 6.45) is 0. The number of rotatable bonds is 6. The van der Waals surface area contributed by atoms with E-state index in [1.165, 1.54) is 13.0 Å². The zero-order valence-electron chi connectivity index (χ0n) is 13.2. The van der Waals surface area contributed by atoms with E-state index in [9.17, 15) is 9.18 Å². The maximum absolute atomic E-state index is 13.5. The summed E-state index contributed by atoms with van der Waals surface area (Å²) in [5.41, 5.74) is 1.44. The van der Waals surface area contributed by atoms with E-state index in [4.69, 9.17) is 0 Å². The monoisotopic (exact) mass is 422 g/mol. The summed E-state index contributed by atoms with van der Waals surface area (Å²) >= 11 is 0. The molecular weight excluding hydrogens is 398 g/mol. The number of hydrogen-bond donors (Lipinski definition) is 3. The fourth-order valence-corrected chi connectivity index (χ4v) is 1.67. The normalized spacial score (nSPS) is 10.6. The second kappa shape index (κ2) is 11.2. The predicted molar refractivity (Wildman–Crippen MR) is 98.1 cm³/mol. The predicted octanol–water partition coefficient (Wildman–Crippen LogP) is 1.94. The average molecular weight is 422 g/mol. The number of halogens is 2. The third-order valence-electron chi connectivity index (χ3n) is 2.79. The lowest BCUT2D eigenvalue weighted by Crippen LogP contribution is -2.41. The van der Waals surface area contributed by atoms with Crippen LogP contribution in [0, 0.1) is 12.7 Å². The second-order valence-corrected chi connectivity index (χ2v) is 4.69. The molecule has 0 unspecified atom stereocenters. The number of guanidine groups is 1. The molecule has 1 aromatic rings.